The molecule has 3 rings (SSSR count). The van der Waals surface area contributed by atoms with E-state index >= 15 is 0 Å². The van der Waals surface area contributed by atoms with Gasteiger partial charge in [0.15, 0.2) is 0 Å². The summed E-state index contributed by atoms with van der Waals surface area (Å²) in [6.07, 6.45) is 5.66. The molecule has 3 heteroatoms. The van der Waals surface area contributed by atoms with Gasteiger partial charge in [-0.1, -0.05) is 0 Å². The van der Waals surface area contributed by atoms with E-state index in [-0.39, 0.29) is 0 Å². The van der Waals surface area contributed by atoms with Crippen molar-refractivity contribution in [2.75, 3.05) is 26.2 Å². The molecule has 0 saturated carbocycles. The number of nitrogens with two attached hydrogens (primary N) is 1. The van der Waals surface area contributed by atoms with Gasteiger partial charge in [-0.3, -0.25) is 4.90 Å². The zero-order valence-corrected chi connectivity index (χ0v) is 8.86. The Hall–Kier alpha value is -0.120. The molecule has 0 aromatic rings. The minimum Gasteiger partial charge on any atom is -0.325 e. The van der Waals surface area contributed by atoms with E-state index in [9.17, 15) is 0 Å². The Morgan fingerprint density at radius 2 is 1.71 bits per heavy atom. The largest absolute Gasteiger partial charge is 0.325 e. The Labute approximate surface area is 86.2 Å². The predicted octanol–water partition coefficient (Wildman–Crippen LogP) is 0.256. The van der Waals surface area contributed by atoms with Gasteiger partial charge in [0, 0.05) is 31.2 Å². The topological polar surface area (TPSA) is 32.5 Å². The maximum atomic E-state index is 5.83. The summed E-state index contributed by atoms with van der Waals surface area (Å²) in [6.45, 7) is 4.99. The highest BCUT2D eigenvalue weighted by Crippen LogP contribution is 2.30. The predicted molar refractivity (Wildman–Crippen MR) is 57.2 cm³/mol. The first-order valence-corrected chi connectivity index (χ1v) is 6.06. The third-order valence-electron chi connectivity index (χ3n) is 4.25. The molecule has 3 fully saturated rings. The van der Waals surface area contributed by atoms with Gasteiger partial charge in [-0.25, -0.2) is 0 Å². The number of nitrogens with zero attached hydrogens (tertiary/aromatic N) is 2. The summed E-state index contributed by atoms with van der Waals surface area (Å²) in [5.74, 6) is 0. The summed E-state index contributed by atoms with van der Waals surface area (Å²) in [4.78, 5) is 5.29. The fourth-order valence-corrected chi connectivity index (χ4v) is 3.38. The Bertz CT molecular complexity index is 213. The third kappa shape index (κ3) is 1.47. The van der Waals surface area contributed by atoms with Crippen LogP contribution in [0.1, 0.15) is 25.7 Å². The highest BCUT2D eigenvalue weighted by atomic mass is 15.3. The summed E-state index contributed by atoms with van der Waals surface area (Å²) in [5.41, 5.74) is 5.83. The molecule has 0 aliphatic carbocycles. The molecule has 14 heavy (non-hydrogen) atoms. The van der Waals surface area contributed by atoms with Crippen molar-refractivity contribution in [3.05, 3.63) is 0 Å². The maximum absolute atomic E-state index is 5.83. The van der Waals surface area contributed by atoms with Crippen molar-refractivity contribution in [2.24, 2.45) is 5.73 Å². The molecule has 0 bridgehead atoms. The van der Waals surface area contributed by atoms with Crippen LogP contribution in [0.2, 0.25) is 0 Å². The van der Waals surface area contributed by atoms with Gasteiger partial charge < -0.3 is 10.6 Å². The average molecular weight is 195 g/mol. The summed E-state index contributed by atoms with van der Waals surface area (Å²) < 4.78 is 0. The molecule has 0 aromatic heterocycles. The first-order valence-electron chi connectivity index (χ1n) is 6.06. The average Bonchev–Trinajstić information content (AvgIpc) is 2.59. The van der Waals surface area contributed by atoms with Gasteiger partial charge in [0.2, 0.25) is 0 Å². The first-order chi connectivity index (χ1) is 6.83. The van der Waals surface area contributed by atoms with E-state index in [0.29, 0.717) is 6.04 Å². The molecule has 0 amide bonds. The lowest BCUT2D eigenvalue weighted by molar-refractivity contribution is 0.0358. The fourth-order valence-electron chi connectivity index (χ4n) is 3.38. The van der Waals surface area contributed by atoms with Crippen LogP contribution < -0.4 is 5.73 Å². The van der Waals surface area contributed by atoms with Crippen LogP contribution in [0, 0.1) is 0 Å². The van der Waals surface area contributed by atoms with Crippen LogP contribution in [-0.4, -0.2) is 54.1 Å². The second kappa shape index (κ2) is 3.47. The van der Waals surface area contributed by atoms with Crippen molar-refractivity contribution < 1.29 is 0 Å². The van der Waals surface area contributed by atoms with E-state index in [4.69, 9.17) is 5.73 Å². The Morgan fingerprint density at radius 3 is 2.50 bits per heavy atom. The van der Waals surface area contributed by atoms with Gasteiger partial charge in [-0.2, -0.15) is 0 Å². The van der Waals surface area contributed by atoms with Crippen molar-refractivity contribution >= 4 is 0 Å². The zero-order chi connectivity index (χ0) is 9.54. The molecule has 0 spiro atoms. The lowest BCUT2D eigenvalue weighted by Gasteiger charge is -2.47. The van der Waals surface area contributed by atoms with Crippen molar-refractivity contribution in [3.8, 4) is 0 Å². The molecule has 3 heterocycles. The molecule has 0 radical (unpaired) electrons. The molecule has 2 atom stereocenters. The number of fused-ring (bicyclic) bond motifs is 1. The van der Waals surface area contributed by atoms with Crippen LogP contribution in [0.25, 0.3) is 0 Å². The molecule has 2 unspecified atom stereocenters. The van der Waals surface area contributed by atoms with Crippen LogP contribution in [-0.2, 0) is 0 Å². The van der Waals surface area contributed by atoms with E-state index in [0.717, 1.165) is 25.2 Å². The van der Waals surface area contributed by atoms with Gasteiger partial charge in [-0.15, -0.1) is 0 Å². The van der Waals surface area contributed by atoms with E-state index in [1.54, 1.807) is 0 Å². The van der Waals surface area contributed by atoms with E-state index in [2.05, 4.69) is 9.80 Å². The fraction of sp³-hybridized carbons (Fsp3) is 1.00. The first kappa shape index (κ1) is 9.13. The Balaban J connectivity index is 1.57. The standard InChI is InChI=1S/C11H21N3/c12-9-7-14(8-9)11-3-5-13-4-1-2-10(13)6-11/h9-11H,1-8,12H2. The molecule has 3 saturated heterocycles. The normalized spacial score (nSPS) is 40.9. The molecule has 3 nitrogen and oxygen atoms in total. The number of likely N-dealkylation sites (tertiary alicyclic amines) is 1. The highest BCUT2D eigenvalue weighted by Gasteiger charge is 2.37. The molecule has 3 aliphatic rings. The number of hydrogen-bond donors (Lipinski definition) is 1. The van der Waals surface area contributed by atoms with Gasteiger partial charge in [0.05, 0.1) is 0 Å². The molecular formula is C11H21N3. The van der Waals surface area contributed by atoms with E-state index < -0.39 is 0 Å². The summed E-state index contributed by atoms with van der Waals surface area (Å²) in [6, 6.07) is 2.23. The summed E-state index contributed by atoms with van der Waals surface area (Å²) in [5, 5.41) is 0. The number of rotatable bonds is 1. The van der Waals surface area contributed by atoms with Crippen molar-refractivity contribution in [1.29, 1.82) is 0 Å². The van der Waals surface area contributed by atoms with Crippen LogP contribution in [0.4, 0.5) is 0 Å². The van der Waals surface area contributed by atoms with Gasteiger partial charge in [0.1, 0.15) is 0 Å². The van der Waals surface area contributed by atoms with Crippen LogP contribution in [0.5, 0.6) is 0 Å². The summed E-state index contributed by atoms with van der Waals surface area (Å²) in [7, 11) is 0. The maximum Gasteiger partial charge on any atom is 0.0297 e. The lowest BCUT2D eigenvalue weighted by Crippen LogP contribution is -2.61. The Kier molecular flexibility index (Phi) is 2.26. The number of piperidine rings is 1. The molecule has 0 aromatic carbocycles. The quantitative estimate of drug-likeness (QED) is 0.651. The molecule has 2 N–H and O–H groups in total. The minimum absolute atomic E-state index is 0.469. The lowest BCUT2D eigenvalue weighted by atomic mass is 9.93. The van der Waals surface area contributed by atoms with Gasteiger partial charge in [-0.05, 0) is 38.8 Å². The van der Waals surface area contributed by atoms with Crippen molar-refractivity contribution in [1.82, 2.24) is 9.80 Å². The summed E-state index contributed by atoms with van der Waals surface area (Å²) >= 11 is 0. The SMILES string of the molecule is NC1CN(C2CCN3CCCC3C2)C1. The molecular weight excluding hydrogens is 174 g/mol. The van der Waals surface area contributed by atoms with Crippen LogP contribution in [0.3, 0.4) is 0 Å². The van der Waals surface area contributed by atoms with E-state index in [1.807, 2.05) is 0 Å². The zero-order valence-electron chi connectivity index (χ0n) is 8.86. The third-order valence-corrected chi connectivity index (χ3v) is 4.25. The highest BCUT2D eigenvalue weighted by molar-refractivity contribution is 4.95. The van der Waals surface area contributed by atoms with Gasteiger partial charge in [0.25, 0.3) is 0 Å². The second-order valence-corrected chi connectivity index (χ2v) is 5.22. The van der Waals surface area contributed by atoms with E-state index in [1.165, 1.54) is 38.8 Å². The van der Waals surface area contributed by atoms with Crippen molar-refractivity contribution in [3.63, 3.8) is 0 Å². The molecule has 3 aliphatic heterocycles. The second-order valence-electron chi connectivity index (χ2n) is 5.22. The van der Waals surface area contributed by atoms with Crippen LogP contribution >= 0.6 is 0 Å². The smallest absolute Gasteiger partial charge is 0.0297 e. The Morgan fingerprint density at radius 1 is 0.929 bits per heavy atom. The molecule has 80 valence electrons. The minimum atomic E-state index is 0.469. The van der Waals surface area contributed by atoms with Crippen LogP contribution in [0.15, 0.2) is 0 Å². The monoisotopic (exact) mass is 195 g/mol. The van der Waals surface area contributed by atoms with Gasteiger partial charge >= 0.3 is 0 Å². The number of hydrogen-bond acceptors (Lipinski definition) is 3. The van der Waals surface area contributed by atoms with Crippen molar-refractivity contribution in [2.45, 2.75) is 43.8 Å².